The summed E-state index contributed by atoms with van der Waals surface area (Å²) < 4.78 is 0.818. The molecule has 25 heavy (non-hydrogen) atoms. The minimum absolute atomic E-state index is 0.518. The fourth-order valence-electron chi connectivity index (χ4n) is 2.18. The lowest BCUT2D eigenvalue weighted by Gasteiger charge is -1.97. The van der Waals surface area contributed by atoms with E-state index in [9.17, 15) is 5.26 Å². The first kappa shape index (κ1) is 17.6. The largest absolute Gasteiger partial charge is 0.235 e. The van der Waals surface area contributed by atoms with E-state index in [1.165, 1.54) is 11.3 Å². The van der Waals surface area contributed by atoms with Gasteiger partial charge in [0.1, 0.15) is 11.1 Å². The molecule has 3 rings (SSSR count). The maximum Gasteiger partial charge on any atom is 0.134 e. The topological polar surface area (TPSA) is 36.7 Å². The van der Waals surface area contributed by atoms with E-state index < -0.39 is 0 Å². The molecule has 2 nitrogen and oxygen atoms in total. The van der Waals surface area contributed by atoms with Crippen molar-refractivity contribution < 1.29 is 0 Å². The number of hydrogen-bond acceptors (Lipinski definition) is 3. The zero-order valence-electron chi connectivity index (χ0n) is 13.0. The van der Waals surface area contributed by atoms with E-state index >= 15 is 0 Å². The van der Waals surface area contributed by atoms with Gasteiger partial charge in [0.2, 0.25) is 0 Å². The lowest BCUT2D eigenvalue weighted by Crippen LogP contribution is -1.83. The first-order valence-electron chi connectivity index (χ1n) is 7.41. The molecule has 1 aromatic heterocycles. The summed E-state index contributed by atoms with van der Waals surface area (Å²) in [7, 11) is 0. The zero-order chi connectivity index (χ0) is 17.6. The van der Waals surface area contributed by atoms with Gasteiger partial charge in [0.15, 0.2) is 0 Å². The second-order valence-electron chi connectivity index (χ2n) is 5.15. The summed E-state index contributed by atoms with van der Waals surface area (Å²) in [5.74, 6) is 0. The molecule has 0 spiro atoms. The van der Waals surface area contributed by atoms with Crippen LogP contribution in [0.3, 0.4) is 0 Å². The summed E-state index contributed by atoms with van der Waals surface area (Å²) in [6.07, 6.45) is 3.75. The summed E-state index contributed by atoms with van der Waals surface area (Å²) in [5.41, 5.74) is 3.39. The predicted octanol–water partition coefficient (Wildman–Crippen LogP) is 6.81. The van der Waals surface area contributed by atoms with Gasteiger partial charge in [-0.15, -0.1) is 11.3 Å². The third-order valence-electron chi connectivity index (χ3n) is 3.38. The molecule has 0 fully saturated rings. The molecule has 1 heterocycles. The molecule has 5 heteroatoms. The van der Waals surface area contributed by atoms with Crippen LogP contribution in [0.1, 0.15) is 10.6 Å². The summed E-state index contributed by atoms with van der Waals surface area (Å²) in [6.45, 7) is 0. The highest BCUT2D eigenvalue weighted by atomic mass is 79.9. The van der Waals surface area contributed by atoms with Gasteiger partial charge in [-0.25, -0.2) is 4.98 Å². The van der Waals surface area contributed by atoms with Gasteiger partial charge >= 0.3 is 0 Å². The van der Waals surface area contributed by atoms with Gasteiger partial charge in [-0.3, -0.25) is 0 Å². The van der Waals surface area contributed by atoms with E-state index in [2.05, 4.69) is 27.0 Å². The van der Waals surface area contributed by atoms with Gasteiger partial charge < -0.3 is 0 Å². The van der Waals surface area contributed by atoms with Crippen molar-refractivity contribution >= 4 is 50.5 Å². The molecule has 0 aliphatic heterocycles. The van der Waals surface area contributed by atoms with Crippen LogP contribution in [0.4, 0.5) is 0 Å². The SMILES string of the molecule is N#C/C(=C\C(Br)=C\c1ccccc1)c1nc(-c2ccc(Cl)cc2)cs1. The molecule has 0 saturated carbocycles. The lowest BCUT2D eigenvalue weighted by atomic mass is 10.2. The number of hydrogen-bond donors (Lipinski definition) is 0. The molecule has 0 aliphatic rings. The fraction of sp³-hybridized carbons (Fsp3) is 0. The minimum Gasteiger partial charge on any atom is -0.235 e. The number of thiazole rings is 1. The van der Waals surface area contributed by atoms with E-state index in [0.717, 1.165) is 21.3 Å². The molecule has 0 saturated heterocycles. The molecular weight excluding hydrogens is 416 g/mol. The van der Waals surface area contributed by atoms with Crippen molar-refractivity contribution in [1.82, 2.24) is 4.98 Å². The Labute approximate surface area is 163 Å². The average Bonchev–Trinajstić information content (AvgIpc) is 3.11. The van der Waals surface area contributed by atoms with Crippen LogP contribution in [-0.2, 0) is 0 Å². The van der Waals surface area contributed by atoms with Crippen molar-refractivity contribution in [2.75, 3.05) is 0 Å². The highest BCUT2D eigenvalue weighted by Crippen LogP contribution is 2.28. The highest BCUT2D eigenvalue weighted by molar-refractivity contribution is 9.12. The molecule has 0 atom stereocenters. The van der Waals surface area contributed by atoms with Crippen LogP contribution in [-0.4, -0.2) is 4.98 Å². The summed E-state index contributed by atoms with van der Waals surface area (Å²) in [4.78, 5) is 4.58. The van der Waals surface area contributed by atoms with Gasteiger partial charge in [0, 0.05) is 20.4 Å². The number of halogens is 2. The Morgan fingerprint density at radius 3 is 2.52 bits per heavy atom. The van der Waals surface area contributed by atoms with Crippen LogP contribution < -0.4 is 0 Å². The smallest absolute Gasteiger partial charge is 0.134 e. The molecule has 122 valence electrons. The van der Waals surface area contributed by atoms with Crippen LogP contribution in [0.15, 0.2) is 70.5 Å². The minimum atomic E-state index is 0.518. The summed E-state index contributed by atoms with van der Waals surface area (Å²) >= 11 is 10.9. The van der Waals surface area contributed by atoms with Crippen molar-refractivity contribution in [3.8, 4) is 17.3 Å². The van der Waals surface area contributed by atoms with Crippen molar-refractivity contribution in [3.05, 3.63) is 86.1 Å². The quantitative estimate of drug-likeness (QED) is 0.339. The lowest BCUT2D eigenvalue weighted by molar-refractivity contribution is 1.37. The zero-order valence-corrected chi connectivity index (χ0v) is 16.1. The van der Waals surface area contributed by atoms with Gasteiger partial charge in [0.25, 0.3) is 0 Å². The van der Waals surface area contributed by atoms with Gasteiger partial charge in [-0.05, 0) is 29.8 Å². The second-order valence-corrected chi connectivity index (χ2v) is 7.36. The Morgan fingerprint density at radius 1 is 1.12 bits per heavy atom. The average molecular weight is 428 g/mol. The molecule has 2 aromatic carbocycles. The van der Waals surface area contributed by atoms with Crippen molar-refractivity contribution in [2.45, 2.75) is 0 Å². The molecule has 0 N–H and O–H groups in total. The number of allylic oxidation sites excluding steroid dienone is 3. The van der Waals surface area contributed by atoms with E-state index in [-0.39, 0.29) is 0 Å². The van der Waals surface area contributed by atoms with E-state index in [1.54, 1.807) is 6.08 Å². The number of rotatable bonds is 4. The number of nitriles is 1. The first-order chi connectivity index (χ1) is 12.2. The molecule has 0 aliphatic carbocycles. The normalized spacial score (nSPS) is 12.0. The first-order valence-corrected chi connectivity index (χ1v) is 9.46. The van der Waals surface area contributed by atoms with Gasteiger partial charge in [0.05, 0.1) is 11.3 Å². The van der Waals surface area contributed by atoms with Gasteiger partial charge in [-0.1, -0.05) is 70.0 Å². The summed E-state index contributed by atoms with van der Waals surface area (Å²) in [5, 5.41) is 12.8. The monoisotopic (exact) mass is 426 g/mol. The number of aromatic nitrogens is 1. The number of benzene rings is 2. The van der Waals surface area contributed by atoms with Crippen LogP contribution >= 0.6 is 38.9 Å². The van der Waals surface area contributed by atoms with E-state index in [1.807, 2.05) is 66.1 Å². The highest BCUT2D eigenvalue weighted by Gasteiger charge is 2.09. The van der Waals surface area contributed by atoms with Crippen molar-refractivity contribution in [2.24, 2.45) is 0 Å². The fourth-order valence-corrected chi connectivity index (χ4v) is 3.59. The maximum absolute atomic E-state index is 9.49. The van der Waals surface area contributed by atoms with E-state index in [0.29, 0.717) is 15.6 Å². The Bertz CT molecular complexity index is 967. The maximum atomic E-state index is 9.49. The van der Waals surface area contributed by atoms with Crippen LogP contribution in [0.25, 0.3) is 22.9 Å². The molecule has 0 amide bonds. The number of nitrogens with zero attached hydrogens (tertiary/aromatic N) is 2. The summed E-state index contributed by atoms with van der Waals surface area (Å²) in [6, 6.07) is 19.6. The van der Waals surface area contributed by atoms with Crippen LogP contribution in [0, 0.1) is 11.3 Å². The van der Waals surface area contributed by atoms with Gasteiger partial charge in [-0.2, -0.15) is 5.26 Å². The Morgan fingerprint density at radius 2 is 1.84 bits per heavy atom. The standard InChI is InChI=1S/C20H12BrClN2S/c21-17(10-14-4-2-1-3-5-14)11-16(12-23)20-24-19(13-25-20)15-6-8-18(22)9-7-15/h1-11,13H/b16-11+,17-10-. The Balaban J connectivity index is 1.88. The molecule has 3 aromatic rings. The molecule has 0 radical (unpaired) electrons. The molecule has 0 bridgehead atoms. The van der Waals surface area contributed by atoms with Crippen molar-refractivity contribution in [3.63, 3.8) is 0 Å². The third kappa shape index (κ3) is 4.67. The van der Waals surface area contributed by atoms with Crippen LogP contribution in [0.2, 0.25) is 5.02 Å². The van der Waals surface area contributed by atoms with Crippen molar-refractivity contribution in [1.29, 1.82) is 5.26 Å². The van der Waals surface area contributed by atoms with Crippen LogP contribution in [0.5, 0.6) is 0 Å². The second kappa shape index (κ2) is 8.26. The molecule has 0 unspecified atom stereocenters. The Hall–Kier alpha value is -2.19. The molecular formula is C20H12BrClN2S. The predicted molar refractivity (Wildman–Crippen MR) is 109 cm³/mol. The Kier molecular flexibility index (Phi) is 5.83. The third-order valence-corrected chi connectivity index (χ3v) is 4.97. The van der Waals surface area contributed by atoms with E-state index in [4.69, 9.17) is 11.6 Å².